The summed E-state index contributed by atoms with van der Waals surface area (Å²) in [7, 11) is 0. The second-order valence-corrected chi connectivity index (χ2v) is 5.53. The predicted molar refractivity (Wildman–Crippen MR) is 61.2 cm³/mol. The summed E-state index contributed by atoms with van der Waals surface area (Å²) in [5, 5.41) is 2.08. The van der Waals surface area contributed by atoms with Gasteiger partial charge >= 0.3 is 0 Å². The van der Waals surface area contributed by atoms with Crippen molar-refractivity contribution in [2.75, 3.05) is 6.61 Å². The molecule has 0 amide bonds. The summed E-state index contributed by atoms with van der Waals surface area (Å²) in [6, 6.07) is 4.17. The number of ketones is 1. The van der Waals surface area contributed by atoms with Crippen LogP contribution in [0.3, 0.4) is 0 Å². The molecule has 1 aromatic heterocycles. The van der Waals surface area contributed by atoms with E-state index in [1.165, 1.54) is 4.88 Å². The Hall–Kier alpha value is -0.670. The van der Waals surface area contributed by atoms with E-state index in [0.717, 1.165) is 12.8 Å². The minimum Gasteiger partial charge on any atom is -0.367 e. The van der Waals surface area contributed by atoms with Gasteiger partial charge in [0.25, 0.3) is 0 Å². The van der Waals surface area contributed by atoms with Crippen molar-refractivity contribution in [2.24, 2.45) is 5.92 Å². The third-order valence-corrected chi connectivity index (χ3v) is 3.87. The zero-order valence-corrected chi connectivity index (χ0v) is 9.97. The van der Waals surface area contributed by atoms with Crippen LogP contribution < -0.4 is 0 Å². The van der Waals surface area contributed by atoms with E-state index in [4.69, 9.17) is 4.74 Å². The van der Waals surface area contributed by atoms with Crippen molar-refractivity contribution in [3.8, 4) is 0 Å². The molecular formula is C12H16O2S. The molecule has 0 aromatic carbocycles. The van der Waals surface area contributed by atoms with Crippen molar-refractivity contribution >= 4 is 17.1 Å². The number of ether oxygens (including phenoxy) is 1. The molecule has 0 N–H and O–H groups in total. The number of carbonyl (C=O) groups is 1. The number of rotatable bonds is 3. The van der Waals surface area contributed by atoms with Crippen molar-refractivity contribution in [1.82, 2.24) is 0 Å². The van der Waals surface area contributed by atoms with Crippen molar-refractivity contribution in [3.05, 3.63) is 22.4 Å². The molecular weight excluding hydrogens is 208 g/mol. The van der Waals surface area contributed by atoms with Gasteiger partial charge < -0.3 is 4.74 Å². The molecule has 1 fully saturated rings. The van der Waals surface area contributed by atoms with Crippen LogP contribution in [-0.2, 0) is 16.0 Å². The van der Waals surface area contributed by atoms with Gasteiger partial charge in [0.2, 0.25) is 0 Å². The normalized spacial score (nSPS) is 24.7. The van der Waals surface area contributed by atoms with Crippen LogP contribution in [0.5, 0.6) is 0 Å². The van der Waals surface area contributed by atoms with Gasteiger partial charge in [-0.15, -0.1) is 11.3 Å². The molecule has 0 radical (unpaired) electrons. The average Bonchev–Trinajstić information content (AvgIpc) is 2.76. The van der Waals surface area contributed by atoms with Crippen molar-refractivity contribution in [1.29, 1.82) is 0 Å². The lowest BCUT2D eigenvalue weighted by Crippen LogP contribution is -2.30. The summed E-state index contributed by atoms with van der Waals surface area (Å²) >= 11 is 1.76. The molecule has 1 atom stereocenters. The first-order valence-electron chi connectivity index (χ1n) is 5.30. The quantitative estimate of drug-likeness (QED) is 0.789. The Morgan fingerprint density at radius 3 is 2.93 bits per heavy atom. The van der Waals surface area contributed by atoms with Crippen LogP contribution in [0.4, 0.5) is 0 Å². The molecule has 0 bridgehead atoms. The third kappa shape index (κ3) is 2.29. The van der Waals surface area contributed by atoms with Crippen LogP contribution >= 0.6 is 11.3 Å². The van der Waals surface area contributed by atoms with Gasteiger partial charge in [0.05, 0.1) is 6.61 Å². The van der Waals surface area contributed by atoms with Crippen molar-refractivity contribution < 1.29 is 9.53 Å². The maximum absolute atomic E-state index is 11.9. The largest absolute Gasteiger partial charge is 0.367 e. The molecule has 1 aliphatic heterocycles. The molecule has 0 saturated carbocycles. The van der Waals surface area contributed by atoms with E-state index in [0.29, 0.717) is 6.61 Å². The van der Waals surface area contributed by atoms with E-state index in [1.54, 1.807) is 11.3 Å². The Morgan fingerprint density at radius 2 is 2.40 bits per heavy atom. The fraction of sp³-hybridized carbons (Fsp3) is 0.583. The molecule has 82 valence electrons. The third-order valence-electron chi connectivity index (χ3n) is 2.93. The highest BCUT2D eigenvalue weighted by atomic mass is 32.1. The minimum atomic E-state index is -0.555. The molecule has 1 unspecified atom stereocenters. The Morgan fingerprint density at radius 1 is 1.60 bits per heavy atom. The maximum atomic E-state index is 11.9. The van der Waals surface area contributed by atoms with Gasteiger partial charge in [-0.2, -0.15) is 0 Å². The standard InChI is InChI=1S/C12H16O2S/c1-12(2)11(13)9(8-14-12)5-6-10-4-3-7-15-10/h3-4,7,9H,5-6,8H2,1-2H3. The first-order valence-corrected chi connectivity index (χ1v) is 6.18. The van der Waals surface area contributed by atoms with E-state index in [2.05, 4.69) is 17.5 Å². The molecule has 2 heterocycles. The Labute approximate surface area is 94.3 Å². The molecule has 3 heteroatoms. The van der Waals surface area contributed by atoms with E-state index in [-0.39, 0.29) is 11.7 Å². The van der Waals surface area contributed by atoms with Crippen molar-refractivity contribution in [3.63, 3.8) is 0 Å². The van der Waals surface area contributed by atoms with Crippen LogP contribution in [0, 0.1) is 5.92 Å². The molecule has 2 nitrogen and oxygen atoms in total. The van der Waals surface area contributed by atoms with Crippen LogP contribution in [-0.4, -0.2) is 18.0 Å². The van der Waals surface area contributed by atoms with Gasteiger partial charge in [0, 0.05) is 10.8 Å². The van der Waals surface area contributed by atoms with Gasteiger partial charge in [-0.05, 0) is 38.1 Å². The Bertz CT molecular complexity index is 341. The highest BCUT2D eigenvalue weighted by Crippen LogP contribution is 2.28. The first-order chi connectivity index (χ1) is 7.09. The lowest BCUT2D eigenvalue weighted by Gasteiger charge is -2.14. The maximum Gasteiger partial charge on any atom is 0.169 e. The van der Waals surface area contributed by atoms with Gasteiger partial charge in [0.1, 0.15) is 5.60 Å². The Balaban J connectivity index is 1.89. The van der Waals surface area contributed by atoms with Crippen LogP contribution in [0.15, 0.2) is 17.5 Å². The fourth-order valence-electron chi connectivity index (χ4n) is 1.93. The molecule has 1 aliphatic rings. The topological polar surface area (TPSA) is 26.3 Å². The van der Waals surface area contributed by atoms with Gasteiger partial charge in [-0.3, -0.25) is 4.79 Å². The molecule has 2 rings (SSSR count). The van der Waals surface area contributed by atoms with Gasteiger partial charge in [-0.1, -0.05) is 6.07 Å². The summed E-state index contributed by atoms with van der Waals surface area (Å²) in [4.78, 5) is 13.2. The molecule has 0 aliphatic carbocycles. The van der Waals surface area contributed by atoms with Gasteiger partial charge in [-0.25, -0.2) is 0 Å². The van der Waals surface area contributed by atoms with Crippen molar-refractivity contribution in [2.45, 2.75) is 32.3 Å². The minimum absolute atomic E-state index is 0.0992. The summed E-state index contributed by atoms with van der Waals surface area (Å²) in [5.74, 6) is 0.362. The molecule has 1 aromatic rings. The molecule has 1 saturated heterocycles. The zero-order valence-electron chi connectivity index (χ0n) is 9.16. The predicted octanol–water partition coefficient (Wildman–Crippen LogP) is 2.67. The summed E-state index contributed by atoms with van der Waals surface area (Å²) in [5.41, 5.74) is -0.555. The SMILES string of the molecule is CC1(C)OCC(CCc2cccs2)C1=O. The Kier molecular flexibility index (Phi) is 2.94. The van der Waals surface area contributed by atoms with E-state index in [1.807, 2.05) is 13.8 Å². The lowest BCUT2D eigenvalue weighted by molar-refractivity contribution is -0.130. The highest BCUT2D eigenvalue weighted by molar-refractivity contribution is 7.09. The van der Waals surface area contributed by atoms with Crippen LogP contribution in [0.25, 0.3) is 0 Å². The van der Waals surface area contributed by atoms with Crippen LogP contribution in [0.1, 0.15) is 25.1 Å². The monoisotopic (exact) mass is 224 g/mol. The number of thiophene rings is 1. The van der Waals surface area contributed by atoms with E-state index >= 15 is 0 Å². The second kappa shape index (κ2) is 4.06. The number of carbonyl (C=O) groups excluding carboxylic acids is 1. The number of hydrogen-bond acceptors (Lipinski definition) is 3. The smallest absolute Gasteiger partial charge is 0.169 e. The van der Waals surface area contributed by atoms with E-state index in [9.17, 15) is 4.79 Å². The second-order valence-electron chi connectivity index (χ2n) is 4.50. The number of aryl methyl sites for hydroxylation is 1. The van der Waals surface area contributed by atoms with Gasteiger partial charge in [0.15, 0.2) is 5.78 Å². The fourth-order valence-corrected chi connectivity index (χ4v) is 2.66. The number of Topliss-reactive ketones (excluding diaryl/α,β-unsaturated/α-hetero) is 1. The number of hydrogen-bond donors (Lipinski definition) is 0. The summed E-state index contributed by atoms with van der Waals surface area (Å²) in [6.45, 7) is 4.32. The first kappa shape index (κ1) is 10.8. The molecule has 15 heavy (non-hydrogen) atoms. The summed E-state index contributed by atoms with van der Waals surface area (Å²) in [6.07, 6.45) is 1.91. The highest BCUT2D eigenvalue weighted by Gasteiger charge is 2.41. The average molecular weight is 224 g/mol. The van der Waals surface area contributed by atoms with Crippen LogP contribution in [0.2, 0.25) is 0 Å². The zero-order chi connectivity index (χ0) is 10.9. The summed E-state index contributed by atoms with van der Waals surface area (Å²) < 4.78 is 5.49. The molecule has 0 spiro atoms. The lowest BCUT2D eigenvalue weighted by atomic mass is 9.92. The van der Waals surface area contributed by atoms with E-state index < -0.39 is 5.60 Å².